The number of hydrogen-bond acceptors (Lipinski definition) is 5. The fourth-order valence-electron chi connectivity index (χ4n) is 2.44. The number of benzene rings is 1. The Kier molecular flexibility index (Phi) is 4.87. The van der Waals surface area contributed by atoms with Crippen LogP contribution in [0.4, 0.5) is 5.69 Å². The van der Waals surface area contributed by atoms with Gasteiger partial charge in [0.05, 0.1) is 17.8 Å². The first-order valence-corrected chi connectivity index (χ1v) is 8.65. The average molecular weight is 363 g/mol. The summed E-state index contributed by atoms with van der Waals surface area (Å²) in [6, 6.07) is 9.07. The molecule has 0 unspecified atom stereocenters. The zero-order valence-electron chi connectivity index (χ0n) is 12.9. The molecule has 2 aromatic heterocycles. The molecule has 0 aliphatic carbocycles. The normalized spacial score (nSPS) is 10.8. The zero-order valence-corrected chi connectivity index (χ0v) is 14.5. The molecule has 0 amide bonds. The summed E-state index contributed by atoms with van der Waals surface area (Å²) in [4.78, 5) is 28.4. The molecule has 3 aromatic rings. The van der Waals surface area contributed by atoms with Gasteiger partial charge in [-0.2, -0.15) is 0 Å². The number of aromatic nitrogens is 1. The van der Waals surface area contributed by atoms with Crippen LogP contribution in [0.5, 0.6) is 0 Å². The van der Waals surface area contributed by atoms with E-state index in [4.69, 9.17) is 16.3 Å². The standard InChI is InChI=1S/C17H15ClN2O3S/c1-2-23-17(22)14-15(19-9-11-4-3-7-24-11)12-6-5-10(18)8-13(12)20-16(14)21/h3-8H,2,9H2,1H3,(H2,19,20,21). The number of halogens is 1. The number of aromatic amines is 1. The topological polar surface area (TPSA) is 71.2 Å². The van der Waals surface area contributed by atoms with Gasteiger partial charge in [-0.25, -0.2) is 4.79 Å². The molecular formula is C17H15ClN2O3S. The number of nitrogens with one attached hydrogen (secondary N) is 2. The fourth-order valence-corrected chi connectivity index (χ4v) is 3.26. The summed E-state index contributed by atoms with van der Waals surface area (Å²) in [5.74, 6) is -0.649. The van der Waals surface area contributed by atoms with Crippen LogP contribution in [0.15, 0.2) is 40.5 Å². The molecule has 0 aliphatic heterocycles. The van der Waals surface area contributed by atoms with Gasteiger partial charge in [-0.05, 0) is 36.6 Å². The zero-order chi connectivity index (χ0) is 17.1. The summed E-state index contributed by atoms with van der Waals surface area (Å²) in [7, 11) is 0. The van der Waals surface area contributed by atoms with E-state index in [-0.39, 0.29) is 12.2 Å². The third-order valence-corrected chi connectivity index (χ3v) is 4.59. The van der Waals surface area contributed by atoms with Crippen molar-refractivity contribution in [1.29, 1.82) is 0 Å². The minimum Gasteiger partial charge on any atom is -0.462 e. The summed E-state index contributed by atoms with van der Waals surface area (Å²) in [6.07, 6.45) is 0. The van der Waals surface area contributed by atoms with Gasteiger partial charge in [-0.3, -0.25) is 4.79 Å². The SMILES string of the molecule is CCOC(=O)c1c(NCc2cccs2)c2ccc(Cl)cc2[nH]c1=O. The Morgan fingerprint density at radius 1 is 1.38 bits per heavy atom. The predicted octanol–water partition coefficient (Wildman–Crippen LogP) is 4.03. The lowest BCUT2D eigenvalue weighted by Crippen LogP contribution is -2.22. The van der Waals surface area contributed by atoms with Gasteiger partial charge >= 0.3 is 5.97 Å². The Labute approximate surface area is 147 Å². The van der Waals surface area contributed by atoms with Crippen molar-refractivity contribution in [2.75, 3.05) is 11.9 Å². The quantitative estimate of drug-likeness (QED) is 0.672. The molecule has 0 bridgehead atoms. The molecule has 0 fully saturated rings. The first-order valence-electron chi connectivity index (χ1n) is 7.39. The number of ether oxygens (including phenoxy) is 1. The number of thiophene rings is 1. The Hall–Kier alpha value is -2.31. The summed E-state index contributed by atoms with van der Waals surface area (Å²) in [6.45, 7) is 2.40. The van der Waals surface area contributed by atoms with E-state index in [1.807, 2.05) is 17.5 Å². The fraction of sp³-hybridized carbons (Fsp3) is 0.176. The van der Waals surface area contributed by atoms with Gasteiger partial charge in [0, 0.05) is 21.8 Å². The van der Waals surface area contributed by atoms with E-state index < -0.39 is 11.5 Å². The molecule has 2 N–H and O–H groups in total. The molecule has 0 aliphatic rings. The number of H-pyrrole nitrogens is 1. The van der Waals surface area contributed by atoms with Crippen LogP contribution in [0.25, 0.3) is 10.9 Å². The van der Waals surface area contributed by atoms with E-state index >= 15 is 0 Å². The van der Waals surface area contributed by atoms with Crippen molar-refractivity contribution in [3.63, 3.8) is 0 Å². The van der Waals surface area contributed by atoms with Gasteiger partial charge in [-0.1, -0.05) is 17.7 Å². The highest BCUT2D eigenvalue weighted by molar-refractivity contribution is 7.09. The van der Waals surface area contributed by atoms with E-state index in [2.05, 4.69) is 10.3 Å². The van der Waals surface area contributed by atoms with Gasteiger partial charge in [0.25, 0.3) is 5.56 Å². The largest absolute Gasteiger partial charge is 0.462 e. The van der Waals surface area contributed by atoms with Crippen LogP contribution < -0.4 is 10.9 Å². The summed E-state index contributed by atoms with van der Waals surface area (Å²) >= 11 is 7.59. The number of carbonyl (C=O) groups is 1. The van der Waals surface area contributed by atoms with Crippen molar-refractivity contribution in [3.8, 4) is 0 Å². The Balaban J connectivity index is 2.14. The highest BCUT2D eigenvalue weighted by atomic mass is 35.5. The molecule has 7 heteroatoms. The van der Waals surface area contributed by atoms with E-state index in [1.54, 1.807) is 36.5 Å². The Morgan fingerprint density at radius 2 is 2.21 bits per heavy atom. The third kappa shape index (κ3) is 3.29. The molecule has 5 nitrogen and oxygen atoms in total. The van der Waals surface area contributed by atoms with Crippen molar-refractivity contribution in [1.82, 2.24) is 4.98 Å². The molecule has 0 atom stereocenters. The van der Waals surface area contributed by atoms with E-state index in [0.717, 1.165) is 4.88 Å². The Bertz CT molecular complexity index is 935. The van der Waals surface area contributed by atoms with Crippen molar-refractivity contribution in [3.05, 3.63) is 61.5 Å². The second-order valence-electron chi connectivity index (χ2n) is 5.05. The first kappa shape index (κ1) is 16.5. The van der Waals surface area contributed by atoms with Crippen LogP contribution in [-0.2, 0) is 11.3 Å². The van der Waals surface area contributed by atoms with Crippen molar-refractivity contribution < 1.29 is 9.53 Å². The minimum absolute atomic E-state index is 0.0248. The number of anilines is 1. The van der Waals surface area contributed by atoms with Gasteiger partial charge in [0.2, 0.25) is 0 Å². The lowest BCUT2D eigenvalue weighted by Gasteiger charge is -2.13. The molecule has 0 spiro atoms. The van der Waals surface area contributed by atoms with E-state index in [0.29, 0.717) is 28.2 Å². The van der Waals surface area contributed by atoms with Crippen LogP contribution in [0.1, 0.15) is 22.2 Å². The molecule has 124 valence electrons. The first-order chi connectivity index (χ1) is 11.6. The minimum atomic E-state index is -0.649. The number of fused-ring (bicyclic) bond motifs is 1. The molecule has 3 rings (SSSR count). The second kappa shape index (κ2) is 7.07. The highest BCUT2D eigenvalue weighted by Crippen LogP contribution is 2.27. The smallest absolute Gasteiger partial charge is 0.345 e. The summed E-state index contributed by atoms with van der Waals surface area (Å²) < 4.78 is 5.04. The van der Waals surface area contributed by atoms with Crippen LogP contribution in [0.3, 0.4) is 0 Å². The van der Waals surface area contributed by atoms with Gasteiger partial charge in [0.15, 0.2) is 0 Å². The highest BCUT2D eigenvalue weighted by Gasteiger charge is 2.20. The number of carbonyl (C=O) groups excluding carboxylic acids is 1. The molecule has 0 saturated heterocycles. The van der Waals surface area contributed by atoms with Gasteiger partial charge < -0.3 is 15.0 Å². The van der Waals surface area contributed by atoms with Crippen LogP contribution in [-0.4, -0.2) is 17.6 Å². The van der Waals surface area contributed by atoms with Gasteiger partial charge in [-0.15, -0.1) is 11.3 Å². The lowest BCUT2D eigenvalue weighted by molar-refractivity contribution is 0.0525. The monoisotopic (exact) mass is 362 g/mol. The maximum atomic E-state index is 12.4. The predicted molar refractivity (Wildman–Crippen MR) is 97.2 cm³/mol. The Morgan fingerprint density at radius 3 is 2.92 bits per heavy atom. The van der Waals surface area contributed by atoms with Crippen LogP contribution in [0, 0.1) is 0 Å². The number of rotatable bonds is 5. The molecule has 1 aromatic carbocycles. The molecular weight excluding hydrogens is 348 g/mol. The third-order valence-electron chi connectivity index (χ3n) is 3.48. The number of pyridine rings is 1. The lowest BCUT2D eigenvalue weighted by atomic mass is 10.1. The van der Waals surface area contributed by atoms with E-state index in [1.165, 1.54) is 0 Å². The molecule has 2 heterocycles. The number of hydrogen-bond donors (Lipinski definition) is 2. The molecule has 0 saturated carbocycles. The summed E-state index contributed by atoms with van der Waals surface area (Å²) in [5, 5.41) is 6.39. The average Bonchev–Trinajstić information content (AvgIpc) is 3.05. The maximum absolute atomic E-state index is 12.4. The maximum Gasteiger partial charge on any atom is 0.345 e. The van der Waals surface area contributed by atoms with Gasteiger partial charge in [0.1, 0.15) is 5.56 Å². The molecule has 0 radical (unpaired) electrons. The summed E-state index contributed by atoms with van der Waals surface area (Å²) in [5.41, 5.74) is 0.492. The van der Waals surface area contributed by atoms with Crippen LogP contribution >= 0.6 is 22.9 Å². The van der Waals surface area contributed by atoms with Crippen LogP contribution in [0.2, 0.25) is 5.02 Å². The van der Waals surface area contributed by atoms with E-state index in [9.17, 15) is 9.59 Å². The van der Waals surface area contributed by atoms with Crippen molar-refractivity contribution >= 4 is 45.5 Å². The van der Waals surface area contributed by atoms with Crippen molar-refractivity contribution in [2.45, 2.75) is 13.5 Å². The molecule has 24 heavy (non-hydrogen) atoms. The van der Waals surface area contributed by atoms with Crippen molar-refractivity contribution in [2.24, 2.45) is 0 Å². The number of esters is 1. The second-order valence-corrected chi connectivity index (χ2v) is 6.52.